The zero-order valence-corrected chi connectivity index (χ0v) is 9.96. The molecule has 0 saturated heterocycles. The van der Waals surface area contributed by atoms with Gasteiger partial charge in [-0.25, -0.2) is 0 Å². The number of carboxylic acids is 1. The normalized spacial score (nSPS) is 12.3. The summed E-state index contributed by atoms with van der Waals surface area (Å²) in [4.78, 5) is 14.9. The first kappa shape index (κ1) is 12.3. The first-order valence-corrected chi connectivity index (χ1v) is 5.52. The van der Waals surface area contributed by atoms with E-state index in [4.69, 9.17) is 15.6 Å². The first-order valence-electron chi connectivity index (χ1n) is 5.52. The van der Waals surface area contributed by atoms with Crippen molar-refractivity contribution < 1.29 is 14.6 Å². The van der Waals surface area contributed by atoms with Crippen LogP contribution in [0.15, 0.2) is 30.5 Å². The van der Waals surface area contributed by atoms with Crippen LogP contribution in [0.1, 0.15) is 18.2 Å². The highest BCUT2D eigenvalue weighted by Gasteiger charge is 2.15. The third-order valence-electron chi connectivity index (χ3n) is 2.75. The van der Waals surface area contributed by atoms with Crippen molar-refractivity contribution in [2.45, 2.75) is 12.5 Å². The molecule has 3 N–H and O–H groups in total. The van der Waals surface area contributed by atoms with Crippen LogP contribution in [0.3, 0.4) is 0 Å². The van der Waals surface area contributed by atoms with E-state index >= 15 is 0 Å². The SMILES string of the molecule is COc1ccc2c(C(N)CC(=O)O)nccc2c1. The molecule has 2 aromatic rings. The molecule has 0 radical (unpaired) electrons. The molecule has 0 spiro atoms. The Labute approximate surface area is 104 Å². The summed E-state index contributed by atoms with van der Waals surface area (Å²) >= 11 is 0. The lowest BCUT2D eigenvalue weighted by Gasteiger charge is -2.12. The molecule has 2 rings (SSSR count). The van der Waals surface area contributed by atoms with Crippen LogP contribution in [-0.4, -0.2) is 23.2 Å². The van der Waals surface area contributed by atoms with Gasteiger partial charge < -0.3 is 15.6 Å². The summed E-state index contributed by atoms with van der Waals surface area (Å²) in [5, 5.41) is 10.6. The number of aliphatic carboxylic acids is 1. The van der Waals surface area contributed by atoms with E-state index in [0.717, 1.165) is 16.5 Å². The molecule has 0 bridgehead atoms. The van der Waals surface area contributed by atoms with Crippen LogP contribution in [0.5, 0.6) is 5.75 Å². The maximum atomic E-state index is 10.7. The van der Waals surface area contributed by atoms with Crippen LogP contribution in [-0.2, 0) is 4.79 Å². The first-order chi connectivity index (χ1) is 8.61. The van der Waals surface area contributed by atoms with E-state index in [1.807, 2.05) is 18.2 Å². The van der Waals surface area contributed by atoms with Gasteiger partial charge in [-0.15, -0.1) is 0 Å². The lowest BCUT2D eigenvalue weighted by atomic mass is 10.0. The van der Waals surface area contributed by atoms with Gasteiger partial charge in [0.25, 0.3) is 0 Å². The molecule has 1 aromatic carbocycles. The number of ether oxygens (including phenoxy) is 1. The van der Waals surface area contributed by atoms with Gasteiger partial charge in [0.1, 0.15) is 5.75 Å². The number of methoxy groups -OCH3 is 1. The number of nitrogens with two attached hydrogens (primary N) is 1. The van der Waals surface area contributed by atoms with E-state index in [9.17, 15) is 4.79 Å². The number of benzene rings is 1. The van der Waals surface area contributed by atoms with Gasteiger partial charge in [0, 0.05) is 11.6 Å². The number of rotatable bonds is 4. The number of nitrogens with zero attached hydrogens (tertiary/aromatic N) is 1. The van der Waals surface area contributed by atoms with Gasteiger partial charge in [-0.3, -0.25) is 9.78 Å². The van der Waals surface area contributed by atoms with Crippen molar-refractivity contribution in [2.75, 3.05) is 7.11 Å². The van der Waals surface area contributed by atoms with E-state index in [2.05, 4.69) is 4.98 Å². The standard InChI is InChI=1S/C13H14N2O3/c1-18-9-2-3-10-8(6-9)4-5-15-13(10)11(14)7-12(16)17/h2-6,11H,7,14H2,1H3,(H,16,17). The molecule has 1 unspecified atom stereocenters. The highest BCUT2D eigenvalue weighted by molar-refractivity contribution is 5.86. The zero-order valence-electron chi connectivity index (χ0n) is 9.96. The van der Waals surface area contributed by atoms with Crippen molar-refractivity contribution >= 4 is 16.7 Å². The Hall–Kier alpha value is -2.14. The van der Waals surface area contributed by atoms with Gasteiger partial charge in [-0.1, -0.05) is 0 Å². The molecule has 0 fully saturated rings. The quantitative estimate of drug-likeness (QED) is 0.857. The molecular weight excluding hydrogens is 232 g/mol. The highest BCUT2D eigenvalue weighted by atomic mass is 16.5. The maximum absolute atomic E-state index is 10.7. The van der Waals surface area contributed by atoms with Crippen LogP contribution in [0.4, 0.5) is 0 Å². The molecule has 18 heavy (non-hydrogen) atoms. The summed E-state index contributed by atoms with van der Waals surface area (Å²) < 4.78 is 5.14. The summed E-state index contributed by atoms with van der Waals surface area (Å²) in [5.74, 6) is -0.193. The second-order valence-electron chi connectivity index (χ2n) is 3.99. The molecule has 1 aromatic heterocycles. The minimum absolute atomic E-state index is 0.141. The molecule has 5 nitrogen and oxygen atoms in total. The van der Waals surface area contributed by atoms with E-state index in [0.29, 0.717) is 5.69 Å². The molecule has 0 aliphatic heterocycles. The van der Waals surface area contributed by atoms with Crippen molar-refractivity contribution in [1.29, 1.82) is 0 Å². The summed E-state index contributed by atoms with van der Waals surface area (Å²) in [6.07, 6.45) is 1.48. The molecule has 1 atom stereocenters. The van der Waals surface area contributed by atoms with Gasteiger partial charge in [-0.2, -0.15) is 0 Å². The van der Waals surface area contributed by atoms with Gasteiger partial charge in [0.05, 0.1) is 25.3 Å². The lowest BCUT2D eigenvalue weighted by Crippen LogP contribution is -2.16. The summed E-state index contributed by atoms with van der Waals surface area (Å²) in [7, 11) is 1.60. The van der Waals surface area contributed by atoms with Crippen molar-refractivity contribution in [1.82, 2.24) is 4.98 Å². The number of carbonyl (C=O) groups is 1. The van der Waals surface area contributed by atoms with Crippen LogP contribution in [0.2, 0.25) is 0 Å². The Kier molecular flexibility index (Phi) is 3.43. The van der Waals surface area contributed by atoms with Crippen molar-refractivity contribution in [3.8, 4) is 5.75 Å². The largest absolute Gasteiger partial charge is 0.497 e. The Morgan fingerprint density at radius 3 is 2.94 bits per heavy atom. The number of fused-ring (bicyclic) bond motifs is 1. The summed E-state index contributed by atoms with van der Waals surface area (Å²) in [6.45, 7) is 0. The second kappa shape index (κ2) is 5.01. The average molecular weight is 246 g/mol. The predicted octanol–water partition coefficient (Wildman–Crippen LogP) is 1.72. The molecule has 0 amide bonds. The molecular formula is C13H14N2O3. The Bertz CT molecular complexity index is 583. The van der Waals surface area contributed by atoms with Crippen molar-refractivity contribution in [3.63, 3.8) is 0 Å². The highest BCUT2D eigenvalue weighted by Crippen LogP contribution is 2.26. The number of carboxylic acid groups (broad SMARTS) is 1. The lowest BCUT2D eigenvalue weighted by molar-refractivity contribution is -0.137. The molecule has 0 aliphatic rings. The minimum atomic E-state index is -0.935. The number of pyridine rings is 1. The van der Waals surface area contributed by atoms with Gasteiger partial charge in [0.15, 0.2) is 0 Å². The number of hydrogen-bond acceptors (Lipinski definition) is 4. The maximum Gasteiger partial charge on any atom is 0.305 e. The zero-order chi connectivity index (χ0) is 13.1. The number of hydrogen-bond donors (Lipinski definition) is 2. The molecule has 0 saturated carbocycles. The molecule has 0 aliphatic carbocycles. The van der Waals surface area contributed by atoms with E-state index < -0.39 is 12.0 Å². The van der Waals surface area contributed by atoms with E-state index in [1.165, 1.54) is 0 Å². The number of aromatic nitrogens is 1. The monoisotopic (exact) mass is 246 g/mol. The molecule has 94 valence electrons. The van der Waals surface area contributed by atoms with Crippen LogP contribution < -0.4 is 10.5 Å². The fraction of sp³-hybridized carbons (Fsp3) is 0.231. The topological polar surface area (TPSA) is 85.4 Å². The predicted molar refractivity (Wildman–Crippen MR) is 67.5 cm³/mol. The third-order valence-corrected chi connectivity index (χ3v) is 2.75. The van der Waals surface area contributed by atoms with Crippen LogP contribution in [0.25, 0.3) is 10.8 Å². The summed E-state index contributed by atoms with van der Waals surface area (Å²) in [5.41, 5.74) is 6.45. The Morgan fingerprint density at radius 2 is 2.28 bits per heavy atom. The van der Waals surface area contributed by atoms with Crippen molar-refractivity contribution in [3.05, 3.63) is 36.2 Å². The third kappa shape index (κ3) is 2.41. The summed E-state index contributed by atoms with van der Waals surface area (Å²) in [6, 6.07) is 6.75. The molecule has 5 heteroatoms. The van der Waals surface area contributed by atoms with Crippen molar-refractivity contribution in [2.24, 2.45) is 5.73 Å². The Balaban J connectivity index is 2.48. The van der Waals surface area contributed by atoms with Gasteiger partial charge in [-0.05, 0) is 29.7 Å². The average Bonchev–Trinajstić information content (AvgIpc) is 2.36. The van der Waals surface area contributed by atoms with E-state index in [1.54, 1.807) is 19.4 Å². The van der Waals surface area contributed by atoms with Crippen LogP contribution in [0, 0.1) is 0 Å². The minimum Gasteiger partial charge on any atom is -0.497 e. The van der Waals surface area contributed by atoms with Gasteiger partial charge >= 0.3 is 5.97 Å². The van der Waals surface area contributed by atoms with Gasteiger partial charge in [0.2, 0.25) is 0 Å². The van der Waals surface area contributed by atoms with Crippen LogP contribution >= 0.6 is 0 Å². The Morgan fingerprint density at radius 1 is 1.50 bits per heavy atom. The smallest absolute Gasteiger partial charge is 0.305 e. The fourth-order valence-corrected chi connectivity index (χ4v) is 1.89. The second-order valence-corrected chi connectivity index (χ2v) is 3.99. The fourth-order valence-electron chi connectivity index (χ4n) is 1.89. The van der Waals surface area contributed by atoms with E-state index in [-0.39, 0.29) is 6.42 Å². The molecule has 1 heterocycles.